The smallest absolute Gasteiger partial charge is 0.417 e. The average Bonchev–Trinajstić information content (AvgIpc) is 3.11. The van der Waals surface area contributed by atoms with Gasteiger partial charge in [0.15, 0.2) is 9.76 Å². The third-order valence-corrected chi connectivity index (χ3v) is 7.28. The first-order valence-electron chi connectivity index (χ1n) is 11.8. The Morgan fingerprint density at radius 1 is 0.971 bits per heavy atom. The molecule has 0 bridgehead atoms. The van der Waals surface area contributed by atoms with Crippen LogP contribution in [0, 0.1) is 5.92 Å². The zero-order valence-electron chi connectivity index (χ0n) is 21.2. The first-order valence-corrected chi connectivity index (χ1v) is 13.1. The van der Waals surface area contributed by atoms with Crippen molar-refractivity contribution in [2.75, 3.05) is 0 Å². The topological polar surface area (TPSA) is 55.8 Å². The molecule has 0 spiro atoms. The van der Waals surface area contributed by atoms with E-state index in [0.717, 1.165) is 11.1 Å². The second kappa shape index (κ2) is 9.88. The monoisotopic (exact) mass is 479 g/mol. The molecule has 0 radical (unpaired) electrons. The number of carbonyl (C=O) groups is 2. The average molecular weight is 480 g/mol. The molecule has 5 nitrogen and oxygen atoms in total. The van der Waals surface area contributed by atoms with Crippen molar-refractivity contribution in [2.45, 2.75) is 70.2 Å². The first-order chi connectivity index (χ1) is 15.9. The van der Waals surface area contributed by atoms with Crippen molar-refractivity contribution >= 4 is 21.8 Å². The number of amides is 2. The van der Waals surface area contributed by atoms with E-state index in [1.165, 1.54) is 4.90 Å². The van der Waals surface area contributed by atoms with Gasteiger partial charge in [-0.15, -0.1) is 6.58 Å². The molecule has 0 aliphatic carbocycles. The van der Waals surface area contributed by atoms with E-state index in [2.05, 4.69) is 27.4 Å². The molecule has 182 valence electrons. The molecule has 34 heavy (non-hydrogen) atoms. The van der Waals surface area contributed by atoms with Gasteiger partial charge in [-0.3, -0.25) is 4.79 Å². The highest BCUT2D eigenvalue weighted by Gasteiger charge is 2.57. The minimum atomic E-state index is -1.13. The number of carbonyl (C=O) groups excluding carboxylic acids is 2. The minimum absolute atomic E-state index is 0.0160. The molecular formula is C28H37NO4Si. The summed E-state index contributed by atoms with van der Waals surface area (Å²) in [7, 11) is -1.13. The third kappa shape index (κ3) is 5.50. The fraction of sp³-hybridized carbons (Fsp3) is 0.429. The van der Waals surface area contributed by atoms with Gasteiger partial charge in [-0.1, -0.05) is 87.5 Å². The molecule has 2 amide bonds. The van der Waals surface area contributed by atoms with Crippen LogP contribution in [0.4, 0.5) is 4.79 Å². The van der Waals surface area contributed by atoms with Crippen molar-refractivity contribution in [3.63, 3.8) is 0 Å². The lowest BCUT2D eigenvalue weighted by Gasteiger charge is -2.46. The Balaban J connectivity index is 2.30. The summed E-state index contributed by atoms with van der Waals surface area (Å²) in [6, 6.07) is 19.2. The number of ether oxygens (including phenoxy) is 1. The molecule has 2 atom stereocenters. The van der Waals surface area contributed by atoms with Crippen LogP contribution in [-0.4, -0.2) is 38.3 Å². The SMILES string of the molecule is C=C[C@H]1CC(=O)N(C(=O)OC(C)(C)C)[C@@H]1C(O[SiH2]C(C)(C)C)(c1ccccc1)c1ccccc1. The summed E-state index contributed by atoms with van der Waals surface area (Å²) in [5.41, 5.74) is 0.0116. The second-order valence-electron chi connectivity index (χ2n) is 11.1. The predicted octanol–water partition coefficient (Wildman–Crippen LogP) is 5.59. The van der Waals surface area contributed by atoms with Gasteiger partial charge < -0.3 is 9.16 Å². The molecular weight excluding hydrogens is 442 g/mol. The summed E-state index contributed by atoms with van der Waals surface area (Å²) in [6.07, 6.45) is 1.30. The molecule has 1 heterocycles. The molecule has 6 heteroatoms. The summed E-state index contributed by atoms with van der Waals surface area (Å²) in [6.45, 7) is 15.9. The maximum atomic E-state index is 13.5. The van der Waals surface area contributed by atoms with E-state index in [9.17, 15) is 9.59 Å². The highest BCUT2D eigenvalue weighted by molar-refractivity contribution is 6.32. The van der Waals surface area contributed by atoms with E-state index in [0.29, 0.717) is 0 Å². The van der Waals surface area contributed by atoms with Gasteiger partial charge in [0.2, 0.25) is 5.91 Å². The van der Waals surface area contributed by atoms with E-state index in [1.54, 1.807) is 26.8 Å². The van der Waals surface area contributed by atoms with E-state index >= 15 is 0 Å². The molecule has 1 fully saturated rings. The Kier molecular flexibility index (Phi) is 7.53. The molecule has 2 aromatic rings. The van der Waals surface area contributed by atoms with Crippen LogP contribution >= 0.6 is 0 Å². The van der Waals surface area contributed by atoms with Crippen molar-refractivity contribution in [3.05, 3.63) is 84.4 Å². The van der Waals surface area contributed by atoms with E-state index in [4.69, 9.17) is 9.16 Å². The van der Waals surface area contributed by atoms with Gasteiger partial charge in [-0.05, 0) is 36.9 Å². The normalized spacial score (nSPS) is 19.6. The molecule has 1 aliphatic heterocycles. The number of hydrogen-bond donors (Lipinski definition) is 0. The van der Waals surface area contributed by atoms with Gasteiger partial charge in [0.1, 0.15) is 11.2 Å². The zero-order valence-corrected chi connectivity index (χ0v) is 22.6. The maximum Gasteiger partial charge on any atom is 0.417 e. The van der Waals surface area contributed by atoms with Crippen LogP contribution in [0.5, 0.6) is 0 Å². The highest BCUT2D eigenvalue weighted by Crippen LogP contribution is 2.47. The third-order valence-electron chi connectivity index (χ3n) is 5.81. The molecule has 0 unspecified atom stereocenters. The van der Waals surface area contributed by atoms with Gasteiger partial charge in [-0.2, -0.15) is 0 Å². The lowest BCUT2D eigenvalue weighted by Crippen LogP contribution is -2.56. The lowest BCUT2D eigenvalue weighted by molar-refractivity contribution is -0.130. The minimum Gasteiger partial charge on any atom is -0.443 e. The van der Waals surface area contributed by atoms with Gasteiger partial charge in [0, 0.05) is 12.3 Å². The quantitative estimate of drug-likeness (QED) is 0.400. The molecule has 1 saturated heterocycles. The second-order valence-corrected chi connectivity index (χ2v) is 13.8. The number of benzene rings is 2. The van der Waals surface area contributed by atoms with Crippen molar-refractivity contribution < 1.29 is 18.8 Å². The standard InChI is InChI=1S/C28H37NO4Si/c1-8-20-19-23(30)29(25(31)32-26(2,3)4)24(20)28(33-34-27(5,6)7,21-15-11-9-12-16-21)22-17-13-10-14-18-22/h8-18,20,24H,1,19,34H2,2-7H3/t20-,24-/m0/s1. The van der Waals surface area contributed by atoms with Crippen LogP contribution in [0.15, 0.2) is 73.3 Å². The fourth-order valence-corrected chi connectivity index (χ4v) is 5.61. The summed E-state index contributed by atoms with van der Waals surface area (Å²) in [5, 5.41) is -0.0160. The Hall–Kier alpha value is -2.70. The lowest BCUT2D eigenvalue weighted by atomic mass is 9.75. The van der Waals surface area contributed by atoms with E-state index < -0.39 is 33.1 Å². The van der Waals surface area contributed by atoms with Crippen LogP contribution in [0.3, 0.4) is 0 Å². The number of imide groups is 1. The van der Waals surface area contributed by atoms with Crippen LogP contribution in [-0.2, 0) is 19.6 Å². The molecule has 3 rings (SSSR count). The van der Waals surface area contributed by atoms with Crippen LogP contribution in [0.2, 0.25) is 5.04 Å². The van der Waals surface area contributed by atoms with Gasteiger partial charge >= 0.3 is 6.09 Å². The summed E-state index contributed by atoms with van der Waals surface area (Å²) in [4.78, 5) is 28.1. The largest absolute Gasteiger partial charge is 0.443 e. The number of rotatable bonds is 6. The molecule has 0 N–H and O–H groups in total. The number of nitrogens with zero attached hydrogens (tertiary/aromatic N) is 1. The van der Waals surface area contributed by atoms with Gasteiger partial charge in [-0.25, -0.2) is 9.69 Å². The Morgan fingerprint density at radius 3 is 1.88 bits per heavy atom. The summed E-state index contributed by atoms with van der Waals surface area (Å²) >= 11 is 0. The fourth-order valence-electron chi connectivity index (χ4n) is 4.44. The maximum absolute atomic E-state index is 13.5. The van der Waals surface area contributed by atoms with Crippen molar-refractivity contribution in [2.24, 2.45) is 5.92 Å². The molecule has 0 aromatic heterocycles. The van der Waals surface area contributed by atoms with Crippen LogP contribution in [0.1, 0.15) is 59.1 Å². The Morgan fingerprint density at radius 2 is 1.47 bits per heavy atom. The van der Waals surface area contributed by atoms with Gasteiger partial charge in [0.25, 0.3) is 0 Å². The molecule has 0 saturated carbocycles. The van der Waals surface area contributed by atoms with Crippen molar-refractivity contribution in [1.29, 1.82) is 0 Å². The predicted molar refractivity (Wildman–Crippen MR) is 138 cm³/mol. The number of hydrogen-bond acceptors (Lipinski definition) is 4. The zero-order chi connectivity index (χ0) is 25.1. The van der Waals surface area contributed by atoms with Crippen LogP contribution < -0.4 is 0 Å². The van der Waals surface area contributed by atoms with E-state index in [1.807, 2.05) is 60.7 Å². The Bertz CT molecular complexity index is 969. The van der Waals surface area contributed by atoms with E-state index in [-0.39, 0.29) is 23.3 Å². The molecule has 1 aliphatic rings. The van der Waals surface area contributed by atoms with Crippen molar-refractivity contribution in [3.8, 4) is 0 Å². The van der Waals surface area contributed by atoms with Crippen LogP contribution in [0.25, 0.3) is 0 Å². The summed E-state index contributed by atoms with van der Waals surface area (Å²) in [5.74, 6) is -0.573. The Labute approximate surface area is 206 Å². The first kappa shape index (κ1) is 25.9. The summed E-state index contributed by atoms with van der Waals surface area (Å²) < 4.78 is 12.7. The highest BCUT2D eigenvalue weighted by atomic mass is 28.2. The van der Waals surface area contributed by atoms with Gasteiger partial charge in [0.05, 0.1) is 6.04 Å². The van der Waals surface area contributed by atoms with Crippen molar-refractivity contribution in [1.82, 2.24) is 4.90 Å². The number of likely N-dealkylation sites (tertiary alicyclic amines) is 1. The molecule has 2 aromatic carbocycles.